The van der Waals surface area contributed by atoms with Gasteiger partial charge in [-0.15, -0.1) is 0 Å². The Morgan fingerprint density at radius 3 is 2.33 bits per heavy atom. The topological polar surface area (TPSA) is 117 Å². The van der Waals surface area contributed by atoms with Crippen molar-refractivity contribution in [3.8, 4) is 17.2 Å². The summed E-state index contributed by atoms with van der Waals surface area (Å²) in [5, 5.41) is 10.9. The molecule has 0 saturated carbocycles. The van der Waals surface area contributed by atoms with Gasteiger partial charge in [0.25, 0.3) is 0 Å². The first-order chi connectivity index (χ1) is 10.2. The Hall–Kier alpha value is -2.97. The maximum Gasteiger partial charge on any atom is 0.235 e. The number of ether oxygens (including phenoxy) is 3. The van der Waals surface area contributed by atoms with Crippen LogP contribution in [0.5, 0.6) is 17.2 Å². The zero-order valence-electron chi connectivity index (χ0n) is 11.8. The molecule has 0 aliphatic carbocycles. The van der Waals surface area contributed by atoms with Crippen LogP contribution in [0.3, 0.4) is 0 Å². The number of benzene rings is 1. The fourth-order valence-electron chi connectivity index (χ4n) is 1.59. The van der Waals surface area contributed by atoms with E-state index < -0.39 is 0 Å². The molecule has 0 aliphatic rings. The second kappa shape index (κ2) is 6.46. The van der Waals surface area contributed by atoms with E-state index in [1.807, 2.05) is 0 Å². The second-order valence-corrected chi connectivity index (χ2v) is 3.82. The minimum absolute atomic E-state index is 0.117. The molecule has 0 spiro atoms. The van der Waals surface area contributed by atoms with E-state index in [-0.39, 0.29) is 11.6 Å². The number of rotatable bonds is 6. The number of hydrogen-bond acceptors (Lipinski definition) is 9. The summed E-state index contributed by atoms with van der Waals surface area (Å²) in [6.45, 7) is 0. The van der Waals surface area contributed by atoms with Gasteiger partial charge in [-0.1, -0.05) is 0 Å². The van der Waals surface area contributed by atoms with Crippen molar-refractivity contribution in [1.82, 2.24) is 10.3 Å². The fraction of sp³-hybridized carbons (Fsp3) is 0.250. The molecule has 9 nitrogen and oxygen atoms in total. The van der Waals surface area contributed by atoms with Crippen LogP contribution in [0.25, 0.3) is 0 Å². The van der Waals surface area contributed by atoms with Crippen molar-refractivity contribution in [2.75, 3.05) is 32.5 Å². The second-order valence-electron chi connectivity index (χ2n) is 3.82. The van der Waals surface area contributed by atoms with Crippen LogP contribution in [0.4, 0.5) is 11.6 Å². The lowest BCUT2D eigenvalue weighted by molar-refractivity contribution is 0.310. The first kappa shape index (κ1) is 14.4. The minimum Gasteiger partial charge on any atom is -0.496 e. The maximum atomic E-state index is 5.49. The van der Waals surface area contributed by atoms with Crippen molar-refractivity contribution in [2.24, 2.45) is 5.10 Å². The highest BCUT2D eigenvalue weighted by Gasteiger charge is 2.10. The summed E-state index contributed by atoms with van der Waals surface area (Å²) in [6, 6.07) is 3.43. The number of anilines is 2. The molecule has 2 aromatic rings. The Labute approximate surface area is 120 Å². The molecular weight excluding hydrogens is 278 g/mol. The maximum absolute atomic E-state index is 5.49. The van der Waals surface area contributed by atoms with Gasteiger partial charge in [0.05, 0.1) is 27.5 Å². The Kier molecular flexibility index (Phi) is 4.44. The highest BCUT2D eigenvalue weighted by atomic mass is 16.6. The van der Waals surface area contributed by atoms with Gasteiger partial charge in [-0.2, -0.15) is 5.10 Å². The van der Waals surface area contributed by atoms with E-state index in [1.165, 1.54) is 6.21 Å². The summed E-state index contributed by atoms with van der Waals surface area (Å²) in [6.07, 6.45) is 1.52. The third-order valence-electron chi connectivity index (χ3n) is 2.62. The van der Waals surface area contributed by atoms with Crippen LogP contribution < -0.4 is 25.4 Å². The average Bonchev–Trinajstić information content (AvgIpc) is 2.92. The lowest BCUT2D eigenvalue weighted by Gasteiger charge is -2.11. The summed E-state index contributed by atoms with van der Waals surface area (Å²) in [5.74, 6) is 2.04. The van der Waals surface area contributed by atoms with Crippen LogP contribution in [0.1, 0.15) is 5.56 Å². The molecule has 0 aliphatic heterocycles. The van der Waals surface area contributed by atoms with Gasteiger partial charge in [-0.3, -0.25) is 5.43 Å². The van der Waals surface area contributed by atoms with Crippen molar-refractivity contribution < 1.29 is 18.8 Å². The molecule has 2 rings (SSSR count). The van der Waals surface area contributed by atoms with E-state index in [4.69, 9.17) is 19.9 Å². The third kappa shape index (κ3) is 3.14. The molecule has 1 heterocycles. The molecule has 1 aromatic heterocycles. The van der Waals surface area contributed by atoms with Crippen LogP contribution in [-0.2, 0) is 0 Å². The van der Waals surface area contributed by atoms with Gasteiger partial charge in [0, 0.05) is 11.6 Å². The molecule has 9 heteroatoms. The van der Waals surface area contributed by atoms with E-state index in [0.29, 0.717) is 22.8 Å². The quantitative estimate of drug-likeness (QED) is 0.601. The molecule has 0 saturated heterocycles. The molecule has 1 aromatic carbocycles. The number of aromatic nitrogens is 2. The van der Waals surface area contributed by atoms with Gasteiger partial charge in [-0.25, -0.2) is 4.63 Å². The number of methoxy groups -OCH3 is 3. The smallest absolute Gasteiger partial charge is 0.235 e. The van der Waals surface area contributed by atoms with Gasteiger partial charge in [-0.05, 0) is 16.4 Å². The SMILES string of the molecule is COc1cc(OC)c(OC)cc1/C=N/Nc1nonc1N. The van der Waals surface area contributed by atoms with Crippen molar-refractivity contribution in [2.45, 2.75) is 0 Å². The highest BCUT2D eigenvalue weighted by molar-refractivity contribution is 5.85. The van der Waals surface area contributed by atoms with Crippen LogP contribution in [0, 0.1) is 0 Å². The fourth-order valence-corrected chi connectivity index (χ4v) is 1.59. The van der Waals surface area contributed by atoms with E-state index in [9.17, 15) is 0 Å². The monoisotopic (exact) mass is 293 g/mol. The van der Waals surface area contributed by atoms with Gasteiger partial charge in [0.15, 0.2) is 11.5 Å². The largest absolute Gasteiger partial charge is 0.496 e. The van der Waals surface area contributed by atoms with Crippen molar-refractivity contribution in [3.05, 3.63) is 17.7 Å². The zero-order chi connectivity index (χ0) is 15.2. The molecular formula is C12H15N5O4. The predicted molar refractivity (Wildman–Crippen MR) is 76.0 cm³/mol. The molecule has 0 atom stereocenters. The Balaban J connectivity index is 2.24. The number of hydrogen-bond donors (Lipinski definition) is 2. The molecule has 112 valence electrons. The van der Waals surface area contributed by atoms with Crippen LogP contribution in [0.2, 0.25) is 0 Å². The molecule has 0 amide bonds. The van der Waals surface area contributed by atoms with Crippen molar-refractivity contribution in [1.29, 1.82) is 0 Å². The Morgan fingerprint density at radius 1 is 1.10 bits per heavy atom. The van der Waals surface area contributed by atoms with Gasteiger partial charge in [0.2, 0.25) is 11.6 Å². The summed E-state index contributed by atoms with van der Waals surface area (Å²) >= 11 is 0. The van der Waals surface area contributed by atoms with E-state index >= 15 is 0 Å². The molecule has 0 radical (unpaired) electrons. The van der Waals surface area contributed by atoms with Crippen LogP contribution in [0.15, 0.2) is 21.9 Å². The third-order valence-corrected chi connectivity index (χ3v) is 2.62. The zero-order valence-corrected chi connectivity index (χ0v) is 11.8. The number of nitrogen functional groups attached to an aromatic ring is 1. The number of nitrogens with one attached hydrogen (secondary N) is 1. The first-order valence-electron chi connectivity index (χ1n) is 5.86. The number of nitrogens with two attached hydrogens (primary N) is 1. The van der Waals surface area contributed by atoms with E-state index in [0.717, 1.165) is 0 Å². The minimum atomic E-state index is 0.117. The van der Waals surface area contributed by atoms with Gasteiger partial charge >= 0.3 is 0 Å². The van der Waals surface area contributed by atoms with E-state index in [2.05, 4.69) is 25.5 Å². The van der Waals surface area contributed by atoms with Gasteiger partial charge < -0.3 is 19.9 Å². The molecule has 21 heavy (non-hydrogen) atoms. The summed E-state index contributed by atoms with van der Waals surface area (Å²) in [5.41, 5.74) is 8.78. The summed E-state index contributed by atoms with van der Waals surface area (Å²) in [4.78, 5) is 0. The lowest BCUT2D eigenvalue weighted by Crippen LogP contribution is -1.99. The average molecular weight is 293 g/mol. The first-order valence-corrected chi connectivity index (χ1v) is 5.86. The van der Waals surface area contributed by atoms with Gasteiger partial charge in [0.1, 0.15) is 5.75 Å². The van der Waals surface area contributed by atoms with Crippen molar-refractivity contribution >= 4 is 17.9 Å². The van der Waals surface area contributed by atoms with Crippen LogP contribution in [-0.4, -0.2) is 37.9 Å². The standard InChI is InChI=1S/C12H15N5O4/c1-18-8-5-10(20-3)9(19-2)4-7(8)6-14-15-12-11(13)16-21-17-12/h4-6H,1-3H3,(H2,13,16)(H,15,17)/b14-6+. The molecule has 0 fully saturated rings. The van der Waals surface area contributed by atoms with E-state index in [1.54, 1.807) is 33.5 Å². The normalized spacial score (nSPS) is 10.6. The molecule has 0 unspecified atom stereocenters. The summed E-state index contributed by atoms with van der Waals surface area (Å²) < 4.78 is 20.1. The predicted octanol–water partition coefficient (Wildman–Crippen LogP) is 1.12. The van der Waals surface area contributed by atoms with Crippen LogP contribution >= 0.6 is 0 Å². The highest BCUT2D eigenvalue weighted by Crippen LogP contribution is 2.33. The molecule has 0 bridgehead atoms. The Morgan fingerprint density at radius 2 is 1.76 bits per heavy atom. The Bertz CT molecular complexity index is 641. The summed E-state index contributed by atoms with van der Waals surface area (Å²) in [7, 11) is 4.64. The van der Waals surface area contributed by atoms with Crippen molar-refractivity contribution in [3.63, 3.8) is 0 Å². The molecule has 3 N–H and O–H groups in total. The number of nitrogens with zero attached hydrogens (tertiary/aromatic N) is 3. The lowest BCUT2D eigenvalue weighted by atomic mass is 10.2. The number of hydrazone groups is 1.